The van der Waals surface area contributed by atoms with Crippen molar-refractivity contribution in [2.45, 2.75) is 278 Å². The van der Waals surface area contributed by atoms with E-state index in [0.29, 0.717) is 0 Å². The van der Waals surface area contributed by atoms with Crippen LogP contribution in [0.4, 0.5) is 11.4 Å². The van der Waals surface area contributed by atoms with E-state index >= 15 is 0 Å². The molecule has 0 saturated heterocycles. The largest absolute Gasteiger partial charge is 0.255 e. The van der Waals surface area contributed by atoms with E-state index in [1.165, 1.54) is 255 Å². The third kappa shape index (κ3) is 37.9. The molecule has 0 aliphatic carbocycles. The molecule has 2 rings (SSSR count). The average Bonchev–Trinajstić information content (AvgIpc) is 3.30. The summed E-state index contributed by atoms with van der Waals surface area (Å²) in [6.07, 6.45) is 66.6. The van der Waals surface area contributed by atoms with E-state index in [4.69, 9.17) is 9.98 Å². The van der Waals surface area contributed by atoms with Crippen LogP contribution in [0.2, 0.25) is 0 Å². The number of allylic oxidation sites excluding steroid dienone is 2. The predicted molar refractivity (Wildman–Crippen MR) is 288 cm³/mol. The molecule has 0 spiro atoms. The van der Waals surface area contributed by atoms with Crippen LogP contribution in [0.15, 0.2) is 70.7 Å². The minimum absolute atomic E-state index is 0. The second kappa shape index (κ2) is 47.3. The van der Waals surface area contributed by atoms with E-state index in [0.717, 1.165) is 29.9 Å². The van der Waals surface area contributed by atoms with E-state index in [-0.39, 0.29) is 16.5 Å². The quantitative estimate of drug-likeness (QED) is 0.0359. The van der Waals surface area contributed by atoms with Gasteiger partial charge in [0.15, 0.2) is 0 Å². The molecule has 0 amide bonds. The van der Waals surface area contributed by atoms with Gasteiger partial charge in [0.1, 0.15) is 0 Å². The molecule has 0 saturated carbocycles. The molecule has 0 fully saturated rings. The van der Waals surface area contributed by atoms with Gasteiger partial charge in [-0.1, -0.05) is 288 Å². The van der Waals surface area contributed by atoms with Crippen molar-refractivity contribution in [3.63, 3.8) is 0 Å². The Morgan fingerprint density at radius 3 is 0.953 bits per heavy atom. The summed E-state index contributed by atoms with van der Waals surface area (Å²) < 4.78 is 0. The molecule has 3 heteroatoms. The molecule has 0 aliphatic rings. The fourth-order valence-electron chi connectivity index (χ4n) is 8.76. The van der Waals surface area contributed by atoms with Gasteiger partial charge in [0, 0.05) is 22.7 Å². The van der Waals surface area contributed by atoms with Crippen molar-refractivity contribution in [3.8, 4) is 0 Å². The third-order valence-corrected chi connectivity index (χ3v) is 13.0. The molecule has 0 unspecified atom stereocenters. The number of nitrogens with zero attached hydrogens (tertiary/aromatic N) is 2. The second-order valence-corrected chi connectivity index (χ2v) is 19.2. The molecule has 2 aromatic rings. The summed E-state index contributed by atoms with van der Waals surface area (Å²) in [5, 5.41) is 0. The number of rotatable bonds is 45. The fourth-order valence-corrected chi connectivity index (χ4v) is 8.76. The van der Waals surface area contributed by atoms with Gasteiger partial charge in [-0.3, -0.25) is 9.98 Å². The molecule has 366 valence electrons. The summed E-state index contributed by atoms with van der Waals surface area (Å²) in [7, 11) is 0. The van der Waals surface area contributed by atoms with E-state index in [1.54, 1.807) is 0 Å². The molecular weight excluding hydrogens is 819 g/mol. The molecule has 0 atom stereocenters. The predicted octanol–water partition coefficient (Wildman–Crippen LogP) is 21.8. The molecule has 0 aromatic heterocycles. The Kier molecular flexibility index (Phi) is 44.1. The Morgan fingerprint density at radius 1 is 0.344 bits per heavy atom. The van der Waals surface area contributed by atoms with Crippen LogP contribution in [-0.4, -0.2) is 11.9 Å². The van der Waals surface area contributed by atoms with E-state index < -0.39 is 0 Å². The zero-order chi connectivity index (χ0) is 44.8. The van der Waals surface area contributed by atoms with Crippen molar-refractivity contribution in [3.05, 3.63) is 71.8 Å². The van der Waals surface area contributed by atoms with Gasteiger partial charge in [-0.25, -0.2) is 0 Å². The van der Waals surface area contributed by atoms with Crippen molar-refractivity contribution in [1.82, 2.24) is 0 Å². The monoisotopic (exact) mass is 921 g/mol. The SMILES string of the molecule is CCCCCCCCCCCCCCCCCCCC=Cc1ccc(N=CC(CCCCC)=Nc2ccc(C=CCCCCCCCCCCCCCCCCCCC)cc2)cc1.[Ni]. The van der Waals surface area contributed by atoms with Gasteiger partial charge >= 0.3 is 0 Å². The molecule has 0 N–H and O–H groups in total. The Bertz CT molecular complexity index is 1370. The molecular formula is C61H102N2Ni. The molecule has 2 aromatic carbocycles. The molecule has 0 radical (unpaired) electrons. The van der Waals surface area contributed by atoms with Crippen LogP contribution in [-0.2, 0) is 16.5 Å². The minimum atomic E-state index is 0. The van der Waals surface area contributed by atoms with Crippen LogP contribution in [0.25, 0.3) is 12.2 Å². The number of unbranched alkanes of at least 4 members (excludes halogenated alkanes) is 36. The van der Waals surface area contributed by atoms with Crippen LogP contribution >= 0.6 is 0 Å². The zero-order valence-corrected chi connectivity index (χ0v) is 43.5. The molecule has 0 bridgehead atoms. The first kappa shape index (κ1) is 59.8. The smallest absolute Gasteiger partial charge is 0.0634 e. The van der Waals surface area contributed by atoms with E-state index in [1.807, 2.05) is 6.21 Å². The molecule has 2 nitrogen and oxygen atoms in total. The summed E-state index contributed by atoms with van der Waals surface area (Å²) in [4.78, 5) is 9.88. The minimum Gasteiger partial charge on any atom is -0.255 e. The van der Waals surface area contributed by atoms with Gasteiger partial charge in [0.05, 0.1) is 17.1 Å². The van der Waals surface area contributed by atoms with Gasteiger partial charge in [0.25, 0.3) is 0 Å². The summed E-state index contributed by atoms with van der Waals surface area (Å²) >= 11 is 0. The molecule has 64 heavy (non-hydrogen) atoms. The topological polar surface area (TPSA) is 24.7 Å². The van der Waals surface area contributed by atoms with Crippen LogP contribution in [0.5, 0.6) is 0 Å². The number of benzene rings is 2. The van der Waals surface area contributed by atoms with Crippen molar-refractivity contribution >= 4 is 35.5 Å². The fraction of sp³-hybridized carbons (Fsp3) is 0.705. The normalized spacial score (nSPS) is 12.1. The summed E-state index contributed by atoms with van der Waals surface area (Å²) in [6.45, 7) is 6.87. The molecule has 0 aliphatic heterocycles. The summed E-state index contributed by atoms with van der Waals surface area (Å²) in [5.41, 5.74) is 5.58. The summed E-state index contributed by atoms with van der Waals surface area (Å²) in [6, 6.07) is 17.4. The van der Waals surface area contributed by atoms with E-state index in [2.05, 4.69) is 93.6 Å². The number of hydrogen-bond acceptors (Lipinski definition) is 2. The van der Waals surface area contributed by atoms with Crippen LogP contribution in [0, 0.1) is 0 Å². The standard InChI is InChI=1S/C61H102N2.Ni/c1-4-7-10-12-14-16-18-20-22-24-26-28-30-32-34-36-38-40-43-45-57-48-52-59(53-49-57)62-56-61(47-42-9-6-3)63-60-54-50-58(51-55-60)46-44-41-39-37-35-33-31-29-27-25-23-21-19-17-15-13-11-8-5-2;/h43-46,48-56H,4-42,47H2,1-3H3;. The maximum absolute atomic E-state index is 5.04. The Morgan fingerprint density at radius 2 is 0.625 bits per heavy atom. The zero-order valence-electron chi connectivity index (χ0n) is 42.5. The molecule has 0 heterocycles. The van der Waals surface area contributed by atoms with Crippen molar-refractivity contribution < 1.29 is 16.5 Å². The first-order valence-electron chi connectivity index (χ1n) is 27.9. The first-order chi connectivity index (χ1) is 31.2. The Balaban J connectivity index is 0.0000205. The van der Waals surface area contributed by atoms with Gasteiger partial charge in [-0.2, -0.15) is 0 Å². The van der Waals surface area contributed by atoms with Crippen LogP contribution in [0.1, 0.15) is 289 Å². The number of aliphatic imine (C=N–C) groups is 2. The van der Waals surface area contributed by atoms with Crippen LogP contribution in [0.3, 0.4) is 0 Å². The maximum Gasteiger partial charge on any atom is 0.0634 e. The van der Waals surface area contributed by atoms with Gasteiger partial charge < -0.3 is 0 Å². The van der Waals surface area contributed by atoms with Crippen molar-refractivity contribution in [2.75, 3.05) is 0 Å². The van der Waals surface area contributed by atoms with Crippen LogP contribution < -0.4 is 0 Å². The summed E-state index contributed by atoms with van der Waals surface area (Å²) in [5.74, 6) is 0. The Labute approximate surface area is 409 Å². The first-order valence-corrected chi connectivity index (χ1v) is 27.9. The second-order valence-electron chi connectivity index (χ2n) is 19.2. The van der Waals surface area contributed by atoms with Crippen molar-refractivity contribution in [1.29, 1.82) is 0 Å². The van der Waals surface area contributed by atoms with Gasteiger partial charge in [-0.05, 0) is 73.9 Å². The van der Waals surface area contributed by atoms with Gasteiger partial charge in [-0.15, -0.1) is 0 Å². The third-order valence-electron chi connectivity index (χ3n) is 13.0. The Hall–Kier alpha value is -2.25. The number of hydrogen-bond donors (Lipinski definition) is 0. The average molecular weight is 922 g/mol. The maximum atomic E-state index is 5.04. The van der Waals surface area contributed by atoms with E-state index in [9.17, 15) is 0 Å². The van der Waals surface area contributed by atoms with Crippen molar-refractivity contribution in [2.24, 2.45) is 9.98 Å². The van der Waals surface area contributed by atoms with Gasteiger partial charge in [0.2, 0.25) is 0 Å².